The molecule has 0 amide bonds. The van der Waals surface area contributed by atoms with E-state index in [1.54, 1.807) is 7.11 Å². The molecule has 0 fully saturated rings. The highest BCUT2D eigenvalue weighted by Gasteiger charge is 2.07. The molecule has 20 heavy (non-hydrogen) atoms. The average molecular weight is 385 g/mol. The summed E-state index contributed by atoms with van der Waals surface area (Å²) in [6.45, 7) is 2.95. The summed E-state index contributed by atoms with van der Waals surface area (Å²) >= 11 is 2.15. The summed E-state index contributed by atoms with van der Waals surface area (Å²) in [5.74, 6) is 2.02. The third-order valence-corrected chi connectivity index (χ3v) is 3.23. The Morgan fingerprint density at radius 2 is 1.80 bits per heavy atom. The van der Waals surface area contributed by atoms with Gasteiger partial charge in [-0.25, -0.2) is 4.98 Å². The van der Waals surface area contributed by atoms with E-state index in [4.69, 9.17) is 14.2 Å². The van der Waals surface area contributed by atoms with Gasteiger partial charge in [-0.05, 0) is 59.3 Å². The Morgan fingerprint density at radius 1 is 1.05 bits per heavy atom. The van der Waals surface area contributed by atoms with E-state index >= 15 is 0 Å². The van der Waals surface area contributed by atoms with E-state index < -0.39 is 0 Å². The number of aromatic nitrogens is 1. The summed E-state index contributed by atoms with van der Waals surface area (Å²) < 4.78 is 17.3. The molecule has 5 heteroatoms. The Labute approximate surface area is 132 Å². The summed E-state index contributed by atoms with van der Waals surface area (Å²) in [7, 11) is 1.65. The molecule has 2 rings (SSSR count). The molecule has 106 valence electrons. The average Bonchev–Trinajstić information content (AvgIpc) is 2.47. The minimum Gasteiger partial charge on any atom is -0.497 e. The van der Waals surface area contributed by atoms with E-state index in [1.165, 1.54) is 0 Å². The topological polar surface area (TPSA) is 40.6 Å². The lowest BCUT2D eigenvalue weighted by Gasteiger charge is -2.11. The number of nitrogens with zero attached hydrogens (tertiary/aromatic N) is 1. The smallest absolute Gasteiger partial charge is 0.258 e. The highest BCUT2D eigenvalue weighted by Crippen LogP contribution is 2.26. The van der Waals surface area contributed by atoms with Crippen molar-refractivity contribution < 1.29 is 14.2 Å². The third-order valence-electron chi connectivity index (χ3n) is 2.63. The molecule has 0 atom stereocenters. The van der Waals surface area contributed by atoms with Crippen molar-refractivity contribution >= 4 is 22.6 Å². The van der Waals surface area contributed by atoms with Gasteiger partial charge in [0.1, 0.15) is 16.1 Å². The molecule has 0 aliphatic rings. The number of methoxy groups -OCH3 is 1. The van der Waals surface area contributed by atoms with Crippen LogP contribution < -0.4 is 14.2 Å². The van der Waals surface area contributed by atoms with E-state index in [-0.39, 0.29) is 0 Å². The van der Waals surface area contributed by atoms with Crippen LogP contribution in [0.3, 0.4) is 0 Å². The third kappa shape index (κ3) is 4.00. The summed E-state index contributed by atoms with van der Waals surface area (Å²) in [6, 6.07) is 11.5. The van der Waals surface area contributed by atoms with Crippen molar-refractivity contribution in [2.45, 2.75) is 13.5 Å². The van der Waals surface area contributed by atoms with Crippen LogP contribution >= 0.6 is 22.6 Å². The van der Waals surface area contributed by atoms with Crippen LogP contribution in [0.4, 0.5) is 0 Å². The highest BCUT2D eigenvalue weighted by atomic mass is 127. The second kappa shape index (κ2) is 7.33. The normalized spacial score (nSPS) is 10.2. The van der Waals surface area contributed by atoms with E-state index in [9.17, 15) is 0 Å². The zero-order valence-corrected chi connectivity index (χ0v) is 13.6. The fourth-order valence-corrected chi connectivity index (χ4v) is 2.04. The van der Waals surface area contributed by atoms with Crippen LogP contribution in [0.5, 0.6) is 17.4 Å². The molecule has 1 aromatic carbocycles. The zero-order chi connectivity index (χ0) is 14.4. The molecule has 0 N–H and O–H groups in total. The van der Waals surface area contributed by atoms with Gasteiger partial charge in [0.2, 0.25) is 0 Å². The zero-order valence-electron chi connectivity index (χ0n) is 11.4. The van der Waals surface area contributed by atoms with Gasteiger partial charge >= 0.3 is 0 Å². The first-order valence-electron chi connectivity index (χ1n) is 6.28. The Morgan fingerprint density at radius 3 is 2.45 bits per heavy atom. The SMILES string of the molecule is CCOc1nc(I)ccc1OCc1ccc(OC)cc1. The van der Waals surface area contributed by atoms with Gasteiger partial charge in [0.05, 0.1) is 13.7 Å². The lowest BCUT2D eigenvalue weighted by molar-refractivity contribution is 0.261. The molecular weight excluding hydrogens is 369 g/mol. The van der Waals surface area contributed by atoms with Crippen LogP contribution in [0, 0.1) is 3.70 Å². The predicted molar refractivity (Wildman–Crippen MR) is 85.4 cm³/mol. The number of benzene rings is 1. The van der Waals surface area contributed by atoms with E-state index in [2.05, 4.69) is 27.6 Å². The first-order valence-corrected chi connectivity index (χ1v) is 7.36. The predicted octanol–water partition coefficient (Wildman–Crippen LogP) is 3.67. The van der Waals surface area contributed by atoms with Crippen molar-refractivity contribution in [3.05, 3.63) is 45.7 Å². The summed E-state index contributed by atoms with van der Waals surface area (Å²) in [5, 5.41) is 0. The van der Waals surface area contributed by atoms with Crippen molar-refractivity contribution in [2.24, 2.45) is 0 Å². The number of hydrogen-bond acceptors (Lipinski definition) is 4. The number of rotatable bonds is 6. The standard InChI is InChI=1S/C15H16INO3/c1-3-19-15-13(8-9-14(16)17-15)20-10-11-4-6-12(18-2)7-5-11/h4-9H,3,10H2,1-2H3. The molecule has 1 aromatic heterocycles. The lowest BCUT2D eigenvalue weighted by atomic mass is 10.2. The van der Waals surface area contributed by atoms with Crippen LogP contribution in [0.25, 0.3) is 0 Å². The van der Waals surface area contributed by atoms with Gasteiger partial charge in [-0.3, -0.25) is 0 Å². The van der Waals surface area contributed by atoms with Crippen molar-refractivity contribution in [3.8, 4) is 17.4 Å². The van der Waals surface area contributed by atoms with Gasteiger partial charge in [-0.15, -0.1) is 0 Å². The Kier molecular flexibility index (Phi) is 5.46. The molecule has 4 nitrogen and oxygen atoms in total. The van der Waals surface area contributed by atoms with Gasteiger partial charge < -0.3 is 14.2 Å². The summed E-state index contributed by atoms with van der Waals surface area (Å²) in [5.41, 5.74) is 1.06. The molecule has 1 heterocycles. The van der Waals surface area contributed by atoms with Crippen molar-refractivity contribution in [3.63, 3.8) is 0 Å². The molecule has 0 aliphatic carbocycles. The maximum atomic E-state index is 5.77. The van der Waals surface area contributed by atoms with Crippen LogP contribution in [-0.4, -0.2) is 18.7 Å². The van der Waals surface area contributed by atoms with E-state index in [1.807, 2.05) is 43.3 Å². The van der Waals surface area contributed by atoms with Crippen LogP contribution in [0.1, 0.15) is 12.5 Å². The maximum Gasteiger partial charge on any atom is 0.258 e. The van der Waals surface area contributed by atoms with Gasteiger partial charge in [0.15, 0.2) is 5.75 Å². The number of ether oxygens (including phenoxy) is 3. The van der Waals surface area contributed by atoms with Crippen LogP contribution in [-0.2, 0) is 6.61 Å². The maximum absolute atomic E-state index is 5.77. The Hall–Kier alpha value is -1.50. The molecule has 0 bridgehead atoms. The number of halogens is 1. The van der Waals surface area contributed by atoms with E-state index in [0.29, 0.717) is 24.8 Å². The monoisotopic (exact) mass is 385 g/mol. The van der Waals surface area contributed by atoms with Gasteiger partial charge in [-0.1, -0.05) is 12.1 Å². The fourth-order valence-electron chi connectivity index (χ4n) is 1.64. The number of hydrogen-bond donors (Lipinski definition) is 0. The molecule has 0 saturated carbocycles. The molecule has 0 saturated heterocycles. The van der Waals surface area contributed by atoms with Crippen LogP contribution in [0.2, 0.25) is 0 Å². The van der Waals surface area contributed by atoms with Crippen molar-refractivity contribution in [2.75, 3.05) is 13.7 Å². The Bertz CT molecular complexity index is 558. The first-order chi connectivity index (χ1) is 9.72. The first kappa shape index (κ1) is 14.9. The highest BCUT2D eigenvalue weighted by molar-refractivity contribution is 14.1. The minimum atomic E-state index is 0.465. The summed E-state index contributed by atoms with van der Waals surface area (Å²) in [4.78, 5) is 4.32. The lowest BCUT2D eigenvalue weighted by Crippen LogP contribution is -2.02. The Balaban J connectivity index is 2.05. The number of pyridine rings is 1. The van der Waals surface area contributed by atoms with E-state index in [0.717, 1.165) is 15.0 Å². The molecule has 0 aliphatic heterocycles. The molecular formula is C15H16INO3. The van der Waals surface area contributed by atoms with Gasteiger partial charge in [0.25, 0.3) is 5.88 Å². The van der Waals surface area contributed by atoms with Crippen molar-refractivity contribution in [1.29, 1.82) is 0 Å². The van der Waals surface area contributed by atoms with Crippen LogP contribution in [0.15, 0.2) is 36.4 Å². The summed E-state index contributed by atoms with van der Waals surface area (Å²) in [6.07, 6.45) is 0. The molecule has 0 unspecified atom stereocenters. The molecule has 2 aromatic rings. The van der Waals surface area contributed by atoms with Gasteiger partial charge in [-0.2, -0.15) is 0 Å². The quantitative estimate of drug-likeness (QED) is 0.562. The van der Waals surface area contributed by atoms with Crippen molar-refractivity contribution in [1.82, 2.24) is 4.98 Å². The van der Waals surface area contributed by atoms with Gasteiger partial charge in [0, 0.05) is 0 Å². The minimum absolute atomic E-state index is 0.465. The largest absolute Gasteiger partial charge is 0.497 e. The second-order valence-electron chi connectivity index (χ2n) is 4.01. The molecule has 0 spiro atoms. The molecule has 0 radical (unpaired) electrons. The second-order valence-corrected chi connectivity index (χ2v) is 5.11. The fraction of sp³-hybridized carbons (Fsp3) is 0.267.